The van der Waals surface area contributed by atoms with E-state index in [1.165, 1.54) is 12.1 Å². The van der Waals surface area contributed by atoms with Gasteiger partial charge in [-0.25, -0.2) is 0 Å². The van der Waals surface area contributed by atoms with E-state index in [4.69, 9.17) is 16.0 Å². The van der Waals surface area contributed by atoms with Crippen LogP contribution in [-0.4, -0.2) is 5.91 Å². The second kappa shape index (κ2) is 4.94. The Morgan fingerprint density at radius 2 is 2.12 bits per heavy atom. The molecule has 0 saturated carbocycles. The maximum atomic E-state index is 11.8. The van der Waals surface area contributed by atoms with Crippen LogP contribution in [0.1, 0.15) is 16.1 Å². The third kappa shape index (κ3) is 3.11. The molecule has 17 heavy (non-hydrogen) atoms. The summed E-state index contributed by atoms with van der Waals surface area (Å²) in [6, 6.07) is 8.70. The Labute approximate surface area is 112 Å². The molecule has 0 unspecified atom stereocenters. The summed E-state index contributed by atoms with van der Waals surface area (Å²) in [6.45, 7) is 1.95. The van der Waals surface area contributed by atoms with Crippen LogP contribution in [0, 0.1) is 6.92 Å². The third-order valence-corrected chi connectivity index (χ3v) is 2.76. The van der Waals surface area contributed by atoms with Crippen molar-refractivity contribution >= 4 is 39.1 Å². The summed E-state index contributed by atoms with van der Waals surface area (Å²) in [5.74, 6) is -0.137. The lowest BCUT2D eigenvalue weighted by molar-refractivity contribution is 0.0997. The molecule has 1 amide bonds. The number of benzene rings is 1. The zero-order chi connectivity index (χ0) is 12.4. The maximum Gasteiger partial charge on any atom is 0.291 e. The summed E-state index contributed by atoms with van der Waals surface area (Å²) in [5.41, 5.74) is 1.75. The molecule has 1 aromatic carbocycles. The Morgan fingerprint density at radius 3 is 2.71 bits per heavy atom. The molecule has 1 aromatic heterocycles. The Kier molecular flexibility index (Phi) is 3.54. The highest BCUT2D eigenvalue weighted by atomic mass is 79.9. The van der Waals surface area contributed by atoms with Gasteiger partial charge >= 0.3 is 0 Å². The quantitative estimate of drug-likeness (QED) is 0.900. The van der Waals surface area contributed by atoms with E-state index in [1.807, 2.05) is 25.1 Å². The first-order chi connectivity index (χ1) is 8.04. The van der Waals surface area contributed by atoms with Crippen LogP contribution in [0.3, 0.4) is 0 Å². The highest BCUT2D eigenvalue weighted by Crippen LogP contribution is 2.20. The van der Waals surface area contributed by atoms with E-state index in [0.717, 1.165) is 10.0 Å². The first-order valence-electron chi connectivity index (χ1n) is 4.88. The molecule has 5 heteroatoms. The van der Waals surface area contributed by atoms with Gasteiger partial charge in [-0.05, 0) is 54.4 Å². The second-order valence-corrected chi connectivity index (χ2v) is 4.86. The second-order valence-electron chi connectivity index (χ2n) is 3.58. The number of hydrogen-bond acceptors (Lipinski definition) is 2. The average molecular weight is 315 g/mol. The summed E-state index contributed by atoms with van der Waals surface area (Å²) in [6.07, 6.45) is 0. The van der Waals surface area contributed by atoms with Gasteiger partial charge in [-0.3, -0.25) is 4.79 Å². The fourth-order valence-corrected chi connectivity index (χ4v) is 2.19. The molecule has 2 rings (SSSR count). The summed E-state index contributed by atoms with van der Waals surface area (Å²) in [7, 11) is 0. The molecule has 0 atom stereocenters. The van der Waals surface area contributed by atoms with Crippen LogP contribution in [0.4, 0.5) is 5.69 Å². The van der Waals surface area contributed by atoms with Crippen LogP contribution in [-0.2, 0) is 0 Å². The van der Waals surface area contributed by atoms with Crippen molar-refractivity contribution < 1.29 is 9.21 Å². The Morgan fingerprint density at radius 1 is 1.35 bits per heavy atom. The van der Waals surface area contributed by atoms with Crippen molar-refractivity contribution in [3.05, 3.63) is 51.3 Å². The zero-order valence-corrected chi connectivity index (χ0v) is 11.3. The molecule has 0 aliphatic carbocycles. The van der Waals surface area contributed by atoms with E-state index in [2.05, 4.69) is 21.2 Å². The fraction of sp³-hybridized carbons (Fsp3) is 0.0833. The van der Waals surface area contributed by atoms with Crippen LogP contribution in [0.15, 0.2) is 39.2 Å². The number of amides is 1. The molecule has 0 aliphatic heterocycles. The van der Waals surface area contributed by atoms with E-state index in [9.17, 15) is 4.79 Å². The Hall–Kier alpha value is -1.26. The van der Waals surface area contributed by atoms with Crippen LogP contribution in [0.2, 0.25) is 5.22 Å². The number of furan rings is 1. The molecule has 3 nitrogen and oxygen atoms in total. The Balaban J connectivity index is 2.18. The number of aryl methyl sites for hydroxylation is 1. The van der Waals surface area contributed by atoms with Gasteiger partial charge in [0, 0.05) is 10.2 Å². The monoisotopic (exact) mass is 313 g/mol. The number of carbonyl (C=O) groups excluding carboxylic acids is 1. The van der Waals surface area contributed by atoms with Gasteiger partial charge in [0.15, 0.2) is 11.0 Å². The SMILES string of the molecule is Cc1cc(Br)cc(NC(=O)c2ccc(Cl)o2)c1. The van der Waals surface area contributed by atoms with Crippen molar-refractivity contribution in [1.29, 1.82) is 0 Å². The smallest absolute Gasteiger partial charge is 0.291 e. The number of anilines is 1. The third-order valence-electron chi connectivity index (χ3n) is 2.10. The van der Waals surface area contributed by atoms with E-state index < -0.39 is 0 Å². The largest absolute Gasteiger partial charge is 0.440 e. The number of rotatable bonds is 2. The first kappa shape index (κ1) is 12.2. The molecule has 0 fully saturated rings. The van der Waals surface area contributed by atoms with Gasteiger partial charge in [0.25, 0.3) is 5.91 Å². The number of nitrogens with one attached hydrogen (secondary N) is 1. The van der Waals surface area contributed by atoms with Crippen LogP contribution in [0.25, 0.3) is 0 Å². The minimum absolute atomic E-state index is 0.188. The number of halogens is 2. The highest BCUT2D eigenvalue weighted by molar-refractivity contribution is 9.10. The fourth-order valence-electron chi connectivity index (χ4n) is 1.44. The standard InChI is InChI=1S/C12H9BrClNO2/c1-7-4-8(13)6-9(5-7)15-12(16)10-2-3-11(14)17-10/h2-6H,1H3,(H,15,16). The van der Waals surface area contributed by atoms with E-state index in [-0.39, 0.29) is 16.9 Å². The number of hydrogen-bond donors (Lipinski definition) is 1. The lowest BCUT2D eigenvalue weighted by Crippen LogP contribution is -2.10. The molecular formula is C12H9BrClNO2. The average Bonchev–Trinajstić information content (AvgIpc) is 2.63. The summed E-state index contributed by atoms with van der Waals surface area (Å²) in [4.78, 5) is 11.8. The van der Waals surface area contributed by atoms with Gasteiger partial charge in [-0.1, -0.05) is 15.9 Å². The molecule has 0 aliphatic rings. The summed E-state index contributed by atoms with van der Waals surface area (Å²) < 4.78 is 5.93. The molecule has 88 valence electrons. The van der Waals surface area contributed by atoms with Gasteiger partial charge in [0.2, 0.25) is 0 Å². The Bertz CT molecular complexity index is 545. The molecule has 0 radical (unpaired) electrons. The first-order valence-corrected chi connectivity index (χ1v) is 6.05. The minimum atomic E-state index is -0.325. The molecular weight excluding hydrogens is 305 g/mol. The molecule has 0 spiro atoms. The highest BCUT2D eigenvalue weighted by Gasteiger charge is 2.11. The summed E-state index contributed by atoms with van der Waals surface area (Å²) >= 11 is 8.97. The predicted molar refractivity (Wildman–Crippen MR) is 70.6 cm³/mol. The molecule has 0 bridgehead atoms. The topological polar surface area (TPSA) is 42.2 Å². The van der Waals surface area contributed by atoms with E-state index in [0.29, 0.717) is 5.69 Å². The van der Waals surface area contributed by atoms with E-state index >= 15 is 0 Å². The van der Waals surface area contributed by atoms with Gasteiger partial charge in [-0.2, -0.15) is 0 Å². The van der Waals surface area contributed by atoms with Crippen molar-refractivity contribution in [2.24, 2.45) is 0 Å². The van der Waals surface area contributed by atoms with Gasteiger partial charge in [0.05, 0.1) is 0 Å². The molecule has 1 N–H and O–H groups in total. The molecule has 0 saturated heterocycles. The van der Waals surface area contributed by atoms with Crippen molar-refractivity contribution in [1.82, 2.24) is 0 Å². The van der Waals surface area contributed by atoms with Crippen LogP contribution >= 0.6 is 27.5 Å². The van der Waals surface area contributed by atoms with Crippen LogP contribution in [0.5, 0.6) is 0 Å². The maximum absolute atomic E-state index is 11.8. The molecule has 1 heterocycles. The molecule has 2 aromatic rings. The van der Waals surface area contributed by atoms with Crippen molar-refractivity contribution in [2.45, 2.75) is 6.92 Å². The summed E-state index contributed by atoms with van der Waals surface area (Å²) in [5, 5.41) is 2.93. The van der Waals surface area contributed by atoms with Gasteiger partial charge in [-0.15, -0.1) is 0 Å². The van der Waals surface area contributed by atoms with Gasteiger partial charge < -0.3 is 9.73 Å². The lowest BCUT2D eigenvalue weighted by Gasteiger charge is -2.05. The van der Waals surface area contributed by atoms with E-state index in [1.54, 1.807) is 0 Å². The normalized spacial score (nSPS) is 10.3. The van der Waals surface area contributed by atoms with Crippen molar-refractivity contribution in [3.8, 4) is 0 Å². The lowest BCUT2D eigenvalue weighted by atomic mass is 10.2. The van der Waals surface area contributed by atoms with Crippen molar-refractivity contribution in [2.75, 3.05) is 5.32 Å². The van der Waals surface area contributed by atoms with Crippen LogP contribution < -0.4 is 5.32 Å². The number of carbonyl (C=O) groups is 1. The zero-order valence-electron chi connectivity index (χ0n) is 8.96. The van der Waals surface area contributed by atoms with Gasteiger partial charge in [0.1, 0.15) is 0 Å². The predicted octanol–water partition coefficient (Wildman–Crippen LogP) is 4.26. The minimum Gasteiger partial charge on any atom is -0.440 e. The van der Waals surface area contributed by atoms with Crippen molar-refractivity contribution in [3.63, 3.8) is 0 Å².